The predicted octanol–water partition coefficient (Wildman–Crippen LogP) is 2.63. The Hall–Kier alpha value is -2.15. The lowest BCUT2D eigenvalue weighted by atomic mass is 9.97. The fourth-order valence-corrected chi connectivity index (χ4v) is 1.90. The quantitative estimate of drug-likeness (QED) is 0.791. The average Bonchev–Trinajstić information content (AvgIpc) is 2.36. The lowest BCUT2D eigenvalue weighted by Gasteiger charge is -2.10. The van der Waals surface area contributed by atoms with Crippen LogP contribution in [0.5, 0.6) is 5.75 Å². The minimum atomic E-state index is 0.232. The summed E-state index contributed by atoms with van der Waals surface area (Å²) in [7, 11) is 1.61. The molecule has 4 nitrogen and oxygen atoms in total. The van der Waals surface area contributed by atoms with E-state index in [1.807, 2.05) is 32.0 Å². The molecule has 0 fully saturated rings. The third-order valence-electron chi connectivity index (χ3n) is 2.69. The van der Waals surface area contributed by atoms with Crippen LogP contribution in [0.15, 0.2) is 18.2 Å². The summed E-state index contributed by atoms with van der Waals surface area (Å²) in [5.41, 5.74) is 2.10. The fraction of sp³-hybridized carbons (Fsp3) is 0.308. The van der Waals surface area contributed by atoms with Gasteiger partial charge in [-0.2, -0.15) is 5.26 Å². The SMILES string of the molecule is COc1ccc2c(C(C)C)c(C#N)nnc2c1. The van der Waals surface area contributed by atoms with Gasteiger partial charge in [-0.3, -0.25) is 0 Å². The summed E-state index contributed by atoms with van der Waals surface area (Å²) in [6, 6.07) is 7.72. The van der Waals surface area contributed by atoms with Gasteiger partial charge in [0, 0.05) is 17.0 Å². The highest BCUT2D eigenvalue weighted by molar-refractivity contribution is 5.84. The molecule has 2 aromatic rings. The number of fused-ring (bicyclic) bond motifs is 1. The van der Waals surface area contributed by atoms with Gasteiger partial charge in [-0.25, -0.2) is 0 Å². The Balaban J connectivity index is 2.78. The largest absolute Gasteiger partial charge is 0.497 e. The molecule has 4 heteroatoms. The number of benzene rings is 1. The Bertz CT molecular complexity index is 599. The van der Waals surface area contributed by atoms with E-state index in [1.54, 1.807) is 7.11 Å². The van der Waals surface area contributed by atoms with Gasteiger partial charge in [0.2, 0.25) is 0 Å². The van der Waals surface area contributed by atoms with E-state index in [-0.39, 0.29) is 5.92 Å². The fourth-order valence-electron chi connectivity index (χ4n) is 1.90. The second kappa shape index (κ2) is 4.38. The first-order chi connectivity index (χ1) is 8.17. The van der Waals surface area contributed by atoms with Gasteiger partial charge < -0.3 is 4.74 Å². The zero-order valence-corrected chi connectivity index (χ0v) is 10.1. The molecule has 17 heavy (non-hydrogen) atoms. The van der Waals surface area contributed by atoms with Crippen LogP contribution < -0.4 is 4.74 Å². The molecule has 1 aromatic carbocycles. The van der Waals surface area contributed by atoms with Crippen LogP contribution in [0, 0.1) is 11.3 Å². The maximum absolute atomic E-state index is 9.05. The van der Waals surface area contributed by atoms with E-state index < -0.39 is 0 Å². The summed E-state index contributed by atoms with van der Waals surface area (Å²) in [6.07, 6.45) is 0. The molecule has 0 atom stereocenters. The summed E-state index contributed by atoms with van der Waals surface area (Å²) >= 11 is 0. The predicted molar refractivity (Wildman–Crippen MR) is 64.9 cm³/mol. The molecule has 0 N–H and O–H groups in total. The molecule has 0 aliphatic carbocycles. The first kappa shape index (κ1) is 11.3. The number of nitrogens with zero attached hydrogens (tertiary/aromatic N) is 3. The molecule has 0 saturated heterocycles. The van der Waals surface area contributed by atoms with E-state index in [0.717, 1.165) is 22.2 Å². The van der Waals surface area contributed by atoms with Crippen LogP contribution in [0.1, 0.15) is 31.0 Å². The highest BCUT2D eigenvalue weighted by Crippen LogP contribution is 2.28. The minimum absolute atomic E-state index is 0.232. The normalized spacial score (nSPS) is 10.5. The minimum Gasteiger partial charge on any atom is -0.497 e. The molecular weight excluding hydrogens is 214 g/mol. The Morgan fingerprint density at radius 3 is 2.65 bits per heavy atom. The van der Waals surface area contributed by atoms with Crippen molar-refractivity contribution < 1.29 is 4.74 Å². The standard InChI is InChI=1S/C13H13N3O/c1-8(2)13-10-5-4-9(17-3)6-11(10)15-16-12(13)7-14/h4-6,8H,1-3H3. The van der Waals surface area contributed by atoms with E-state index in [4.69, 9.17) is 10.00 Å². The third-order valence-corrected chi connectivity index (χ3v) is 2.69. The number of hydrogen-bond donors (Lipinski definition) is 0. The number of aromatic nitrogens is 2. The van der Waals surface area contributed by atoms with E-state index in [9.17, 15) is 0 Å². The topological polar surface area (TPSA) is 58.8 Å². The molecule has 0 aliphatic heterocycles. The van der Waals surface area contributed by atoms with E-state index in [0.29, 0.717) is 5.69 Å². The molecular formula is C13H13N3O. The van der Waals surface area contributed by atoms with Crippen LogP contribution >= 0.6 is 0 Å². The monoisotopic (exact) mass is 227 g/mol. The number of methoxy groups -OCH3 is 1. The van der Waals surface area contributed by atoms with Crippen molar-refractivity contribution in [2.45, 2.75) is 19.8 Å². The van der Waals surface area contributed by atoms with Crippen LogP contribution in [-0.2, 0) is 0 Å². The van der Waals surface area contributed by atoms with Crippen molar-refractivity contribution in [3.8, 4) is 11.8 Å². The number of nitriles is 1. The molecule has 2 rings (SSSR count). The van der Waals surface area contributed by atoms with Crippen LogP contribution in [0.25, 0.3) is 10.9 Å². The maximum atomic E-state index is 9.05. The number of hydrogen-bond acceptors (Lipinski definition) is 4. The summed E-state index contributed by atoms with van der Waals surface area (Å²) in [5.74, 6) is 0.974. The Morgan fingerprint density at radius 2 is 2.06 bits per heavy atom. The highest BCUT2D eigenvalue weighted by atomic mass is 16.5. The van der Waals surface area contributed by atoms with Crippen LogP contribution in [0.3, 0.4) is 0 Å². The Morgan fingerprint density at radius 1 is 1.29 bits per heavy atom. The second-order valence-corrected chi connectivity index (χ2v) is 4.11. The van der Waals surface area contributed by atoms with Crippen molar-refractivity contribution in [1.29, 1.82) is 5.26 Å². The number of ether oxygens (including phenoxy) is 1. The highest BCUT2D eigenvalue weighted by Gasteiger charge is 2.13. The van der Waals surface area contributed by atoms with Crippen molar-refractivity contribution in [1.82, 2.24) is 10.2 Å². The van der Waals surface area contributed by atoms with Gasteiger partial charge in [-0.1, -0.05) is 13.8 Å². The molecule has 0 saturated carbocycles. The van der Waals surface area contributed by atoms with Gasteiger partial charge in [0.05, 0.1) is 12.6 Å². The van der Waals surface area contributed by atoms with E-state index in [2.05, 4.69) is 16.3 Å². The third kappa shape index (κ3) is 1.92. The molecule has 86 valence electrons. The first-order valence-electron chi connectivity index (χ1n) is 5.41. The van der Waals surface area contributed by atoms with Crippen molar-refractivity contribution in [2.75, 3.05) is 7.11 Å². The molecule has 1 aromatic heterocycles. The van der Waals surface area contributed by atoms with Crippen molar-refractivity contribution in [2.24, 2.45) is 0 Å². The first-order valence-corrected chi connectivity index (χ1v) is 5.41. The lowest BCUT2D eigenvalue weighted by molar-refractivity contribution is 0.415. The zero-order chi connectivity index (χ0) is 12.4. The Labute approximate surface area is 99.9 Å². The molecule has 0 spiro atoms. The van der Waals surface area contributed by atoms with Gasteiger partial charge in [0.15, 0.2) is 5.69 Å². The summed E-state index contributed by atoms with van der Waals surface area (Å²) < 4.78 is 5.15. The van der Waals surface area contributed by atoms with Crippen LogP contribution in [0.4, 0.5) is 0 Å². The van der Waals surface area contributed by atoms with E-state index >= 15 is 0 Å². The van der Waals surface area contributed by atoms with Crippen molar-refractivity contribution in [3.05, 3.63) is 29.5 Å². The van der Waals surface area contributed by atoms with Crippen molar-refractivity contribution in [3.63, 3.8) is 0 Å². The molecule has 0 aliphatic rings. The number of rotatable bonds is 2. The van der Waals surface area contributed by atoms with Gasteiger partial charge >= 0.3 is 0 Å². The molecule has 0 bridgehead atoms. The van der Waals surface area contributed by atoms with Gasteiger partial charge in [-0.15, -0.1) is 10.2 Å². The zero-order valence-electron chi connectivity index (χ0n) is 10.1. The van der Waals surface area contributed by atoms with Crippen LogP contribution in [0.2, 0.25) is 0 Å². The van der Waals surface area contributed by atoms with Gasteiger partial charge in [0.1, 0.15) is 11.8 Å². The molecule has 0 amide bonds. The maximum Gasteiger partial charge on any atom is 0.167 e. The molecule has 0 radical (unpaired) electrons. The Kier molecular flexibility index (Phi) is 2.92. The molecule has 1 heterocycles. The summed E-state index contributed by atoms with van der Waals surface area (Å²) in [5, 5.41) is 18.0. The average molecular weight is 227 g/mol. The van der Waals surface area contributed by atoms with Gasteiger partial charge in [-0.05, 0) is 18.1 Å². The molecule has 0 unspecified atom stereocenters. The lowest BCUT2D eigenvalue weighted by Crippen LogP contribution is -2.00. The van der Waals surface area contributed by atoms with Crippen molar-refractivity contribution >= 4 is 10.9 Å². The van der Waals surface area contributed by atoms with Crippen LogP contribution in [-0.4, -0.2) is 17.3 Å². The summed E-state index contributed by atoms with van der Waals surface area (Å²) in [6.45, 7) is 4.09. The smallest absolute Gasteiger partial charge is 0.167 e. The summed E-state index contributed by atoms with van der Waals surface area (Å²) in [4.78, 5) is 0. The van der Waals surface area contributed by atoms with E-state index in [1.165, 1.54) is 0 Å². The van der Waals surface area contributed by atoms with Gasteiger partial charge in [0.25, 0.3) is 0 Å². The second-order valence-electron chi connectivity index (χ2n) is 4.11.